The molecule has 138 valence electrons. The van der Waals surface area contributed by atoms with Gasteiger partial charge in [-0.1, -0.05) is 0 Å². The van der Waals surface area contributed by atoms with Crippen molar-refractivity contribution in [2.75, 3.05) is 20.8 Å². The Hall–Kier alpha value is -2.28. The molecule has 0 bridgehead atoms. The number of rotatable bonds is 8. The normalized spacial score (nSPS) is 18.2. The van der Waals surface area contributed by atoms with E-state index in [4.69, 9.17) is 14.2 Å². The van der Waals surface area contributed by atoms with E-state index >= 15 is 0 Å². The van der Waals surface area contributed by atoms with Crippen molar-refractivity contribution < 1.29 is 28.9 Å². The summed E-state index contributed by atoms with van der Waals surface area (Å²) in [6.45, 7) is 0.669. The van der Waals surface area contributed by atoms with Gasteiger partial charge >= 0.3 is 5.97 Å². The summed E-state index contributed by atoms with van der Waals surface area (Å²) in [5, 5.41) is 12.0. The number of amides is 1. The molecule has 25 heavy (non-hydrogen) atoms. The van der Waals surface area contributed by atoms with Gasteiger partial charge in [0.2, 0.25) is 5.91 Å². The van der Waals surface area contributed by atoms with Crippen LogP contribution in [0.25, 0.3) is 0 Å². The van der Waals surface area contributed by atoms with Crippen LogP contribution in [-0.2, 0) is 14.3 Å². The quantitative estimate of drug-likeness (QED) is 0.746. The number of benzene rings is 1. The van der Waals surface area contributed by atoms with Crippen molar-refractivity contribution in [2.45, 2.75) is 44.2 Å². The molecule has 2 N–H and O–H groups in total. The largest absolute Gasteiger partial charge is 0.497 e. The molecule has 1 saturated heterocycles. The first-order valence-corrected chi connectivity index (χ1v) is 8.38. The van der Waals surface area contributed by atoms with Crippen molar-refractivity contribution in [1.29, 1.82) is 0 Å². The van der Waals surface area contributed by atoms with Crippen LogP contribution in [0.4, 0.5) is 0 Å². The fraction of sp³-hybridized carbons (Fsp3) is 0.556. The second kappa shape index (κ2) is 9.27. The SMILES string of the molecule is COc1ccc(C(CC(=O)O)NC(=O)CC2CCCCO2)c(OC)c1. The molecule has 0 aliphatic carbocycles. The summed E-state index contributed by atoms with van der Waals surface area (Å²) in [7, 11) is 3.03. The predicted molar refractivity (Wildman–Crippen MR) is 90.9 cm³/mol. The van der Waals surface area contributed by atoms with Gasteiger partial charge in [0.05, 0.1) is 39.2 Å². The van der Waals surface area contributed by atoms with E-state index in [2.05, 4.69) is 5.32 Å². The molecule has 0 spiro atoms. The number of hydrogen-bond acceptors (Lipinski definition) is 5. The fourth-order valence-corrected chi connectivity index (χ4v) is 2.95. The molecular weight excluding hydrogens is 326 g/mol. The van der Waals surface area contributed by atoms with E-state index in [1.165, 1.54) is 14.2 Å². The molecule has 7 nitrogen and oxygen atoms in total. The highest BCUT2D eigenvalue weighted by Crippen LogP contribution is 2.31. The molecule has 1 heterocycles. The van der Waals surface area contributed by atoms with E-state index in [0.29, 0.717) is 23.7 Å². The average Bonchev–Trinajstić information content (AvgIpc) is 2.61. The molecule has 2 atom stereocenters. The zero-order valence-electron chi connectivity index (χ0n) is 14.6. The summed E-state index contributed by atoms with van der Waals surface area (Å²) in [6.07, 6.45) is 2.81. The molecule has 1 aliphatic rings. The van der Waals surface area contributed by atoms with Crippen molar-refractivity contribution in [3.8, 4) is 11.5 Å². The first-order valence-electron chi connectivity index (χ1n) is 8.38. The van der Waals surface area contributed by atoms with Crippen molar-refractivity contribution >= 4 is 11.9 Å². The highest BCUT2D eigenvalue weighted by atomic mass is 16.5. The third-order valence-electron chi connectivity index (χ3n) is 4.22. The first kappa shape index (κ1) is 19.1. The summed E-state index contributed by atoms with van der Waals surface area (Å²) in [5.74, 6) is -0.162. The van der Waals surface area contributed by atoms with Gasteiger partial charge in [0, 0.05) is 18.2 Å². The van der Waals surface area contributed by atoms with Gasteiger partial charge in [-0.25, -0.2) is 0 Å². The van der Waals surface area contributed by atoms with Gasteiger partial charge in [-0.05, 0) is 31.4 Å². The fourth-order valence-electron chi connectivity index (χ4n) is 2.95. The second-order valence-electron chi connectivity index (χ2n) is 6.02. The molecule has 0 saturated carbocycles. The van der Waals surface area contributed by atoms with E-state index in [9.17, 15) is 14.7 Å². The number of carbonyl (C=O) groups excluding carboxylic acids is 1. The van der Waals surface area contributed by atoms with Crippen LogP contribution < -0.4 is 14.8 Å². The Labute approximate surface area is 147 Å². The zero-order valence-corrected chi connectivity index (χ0v) is 14.6. The molecule has 0 aromatic heterocycles. The van der Waals surface area contributed by atoms with Crippen LogP contribution in [0.1, 0.15) is 43.7 Å². The molecule has 1 aromatic carbocycles. The van der Waals surface area contributed by atoms with Crippen molar-refractivity contribution in [1.82, 2.24) is 5.32 Å². The monoisotopic (exact) mass is 351 g/mol. The molecule has 1 aromatic rings. The summed E-state index contributed by atoms with van der Waals surface area (Å²) < 4.78 is 16.1. The van der Waals surface area contributed by atoms with Crippen LogP contribution in [-0.4, -0.2) is 43.9 Å². The summed E-state index contributed by atoms with van der Waals surface area (Å²) in [6, 6.07) is 4.40. The van der Waals surface area contributed by atoms with Crippen molar-refractivity contribution in [2.24, 2.45) is 0 Å². The smallest absolute Gasteiger partial charge is 0.305 e. The number of methoxy groups -OCH3 is 2. The van der Waals surface area contributed by atoms with Crippen LogP contribution >= 0.6 is 0 Å². The van der Waals surface area contributed by atoms with E-state index < -0.39 is 12.0 Å². The topological polar surface area (TPSA) is 94.1 Å². The lowest BCUT2D eigenvalue weighted by Gasteiger charge is -2.24. The number of nitrogens with one attached hydrogen (secondary N) is 1. The lowest BCUT2D eigenvalue weighted by atomic mass is 10.0. The first-order chi connectivity index (χ1) is 12.0. The second-order valence-corrected chi connectivity index (χ2v) is 6.02. The van der Waals surface area contributed by atoms with Crippen molar-refractivity contribution in [3.63, 3.8) is 0 Å². The maximum absolute atomic E-state index is 12.3. The number of carbonyl (C=O) groups is 2. The minimum atomic E-state index is -1.00. The molecule has 2 unspecified atom stereocenters. The zero-order chi connectivity index (χ0) is 18.2. The van der Waals surface area contributed by atoms with E-state index in [1.54, 1.807) is 18.2 Å². The minimum Gasteiger partial charge on any atom is -0.497 e. The van der Waals surface area contributed by atoms with Gasteiger partial charge in [-0.15, -0.1) is 0 Å². The maximum Gasteiger partial charge on any atom is 0.305 e. The molecular formula is C18H25NO6. The van der Waals surface area contributed by atoms with Crippen LogP contribution in [0, 0.1) is 0 Å². The average molecular weight is 351 g/mol. The Morgan fingerprint density at radius 3 is 2.72 bits per heavy atom. The molecule has 7 heteroatoms. The van der Waals surface area contributed by atoms with Gasteiger partial charge in [-0.2, -0.15) is 0 Å². The highest BCUT2D eigenvalue weighted by molar-refractivity contribution is 5.78. The van der Waals surface area contributed by atoms with Crippen LogP contribution in [0.2, 0.25) is 0 Å². The van der Waals surface area contributed by atoms with Gasteiger partial charge in [0.1, 0.15) is 11.5 Å². The Kier molecular flexibility index (Phi) is 7.06. The molecule has 2 rings (SSSR count). The number of aliphatic carboxylic acids is 1. The molecule has 0 radical (unpaired) electrons. The van der Waals surface area contributed by atoms with Crippen molar-refractivity contribution in [3.05, 3.63) is 23.8 Å². The minimum absolute atomic E-state index is 0.100. The number of hydrogen-bond donors (Lipinski definition) is 2. The van der Waals surface area contributed by atoms with Gasteiger partial charge in [0.15, 0.2) is 0 Å². The molecule has 1 aliphatic heterocycles. The molecule has 1 amide bonds. The predicted octanol–water partition coefficient (Wildman–Crippen LogP) is 2.29. The van der Waals surface area contributed by atoms with E-state index in [0.717, 1.165) is 19.3 Å². The van der Waals surface area contributed by atoms with Gasteiger partial charge in [0.25, 0.3) is 0 Å². The lowest BCUT2D eigenvalue weighted by Crippen LogP contribution is -2.34. The summed E-state index contributed by atoms with van der Waals surface area (Å²) in [4.78, 5) is 23.6. The number of ether oxygens (including phenoxy) is 3. The number of carboxylic acid groups (broad SMARTS) is 1. The Morgan fingerprint density at radius 1 is 1.32 bits per heavy atom. The number of carboxylic acids is 1. The van der Waals surface area contributed by atoms with Crippen LogP contribution in [0.15, 0.2) is 18.2 Å². The Bertz CT molecular complexity index is 597. The van der Waals surface area contributed by atoms with Crippen LogP contribution in [0.5, 0.6) is 11.5 Å². The molecule has 1 fully saturated rings. The van der Waals surface area contributed by atoms with Gasteiger partial charge in [-0.3, -0.25) is 9.59 Å². The standard InChI is InChI=1S/C18H25NO6/c1-23-12-6-7-14(16(9-12)24-2)15(11-18(21)22)19-17(20)10-13-5-3-4-8-25-13/h6-7,9,13,15H,3-5,8,10-11H2,1-2H3,(H,19,20)(H,21,22). The van der Waals surface area contributed by atoms with Crippen LogP contribution in [0.3, 0.4) is 0 Å². The third-order valence-corrected chi connectivity index (χ3v) is 4.22. The lowest BCUT2D eigenvalue weighted by molar-refractivity contribution is -0.137. The summed E-state index contributed by atoms with van der Waals surface area (Å²) in [5.41, 5.74) is 0.601. The summed E-state index contributed by atoms with van der Waals surface area (Å²) >= 11 is 0. The van der Waals surface area contributed by atoms with E-state index in [-0.39, 0.29) is 24.9 Å². The van der Waals surface area contributed by atoms with Gasteiger partial charge < -0.3 is 24.6 Å². The Morgan fingerprint density at radius 2 is 2.12 bits per heavy atom. The van der Waals surface area contributed by atoms with E-state index in [1.807, 2.05) is 0 Å². The third kappa shape index (κ3) is 5.63. The highest BCUT2D eigenvalue weighted by Gasteiger charge is 2.24. The Balaban J connectivity index is 2.12. The maximum atomic E-state index is 12.3.